The topological polar surface area (TPSA) is 59.3 Å². The van der Waals surface area contributed by atoms with Gasteiger partial charge < -0.3 is 9.67 Å². The van der Waals surface area contributed by atoms with E-state index in [1.54, 1.807) is 12.1 Å². The summed E-state index contributed by atoms with van der Waals surface area (Å²) < 4.78 is 53.8. The van der Waals surface area contributed by atoms with E-state index in [9.17, 15) is 27.2 Å². The van der Waals surface area contributed by atoms with Crippen molar-refractivity contribution in [2.45, 2.75) is 19.1 Å². The summed E-state index contributed by atoms with van der Waals surface area (Å²) in [5.41, 5.74) is -0.774. The van der Waals surface area contributed by atoms with Gasteiger partial charge in [-0.25, -0.2) is 9.18 Å². The first-order valence-electron chi connectivity index (χ1n) is 9.42. The minimum atomic E-state index is -4.72. The van der Waals surface area contributed by atoms with Crippen molar-refractivity contribution in [3.05, 3.63) is 103 Å². The van der Waals surface area contributed by atoms with Gasteiger partial charge in [-0.15, -0.1) is 0 Å². The van der Waals surface area contributed by atoms with Crippen LogP contribution in [-0.4, -0.2) is 15.6 Å². The number of benzene rings is 2. The number of alkyl halides is 3. The summed E-state index contributed by atoms with van der Waals surface area (Å²) in [6.45, 7) is 0.0994. The fourth-order valence-electron chi connectivity index (χ4n) is 3.11. The molecule has 0 fully saturated rings. The molecule has 0 spiro atoms. The summed E-state index contributed by atoms with van der Waals surface area (Å²) in [5, 5.41) is 8.91. The minimum absolute atomic E-state index is 0.0726. The summed E-state index contributed by atoms with van der Waals surface area (Å²) in [6, 6.07) is 9.35. The van der Waals surface area contributed by atoms with Crippen molar-refractivity contribution in [1.29, 1.82) is 0 Å². The Morgan fingerprint density at radius 1 is 1.00 bits per heavy atom. The number of carbonyl (C=O) groups is 1. The van der Waals surface area contributed by atoms with Crippen molar-refractivity contribution in [3.63, 3.8) is 0 Å². The Morgan fingerprint density at radius 2 is 1.67 bits per heavy atom. The maximum absolute atomic E-state index is 13.7. The van der Waals surface area contributed by atoms with E-state index in [-0.39, 0.29) is 33.4 Å². The molecule has 33 heavy (non-hydrogen) atoms. The Morgan fingerprint density at radius 3 is 2.27 bits per heavy atom. The molecule has 1 aromatic heterocycles. The molecule has 0 atom stereocenters. The highest BCUT2D eigenvalue weighted by atomic mass is 35.5. The van der Waals surface area contributed by atoms with Crippen LogP contribution in [-0.2, 0) is 19.1 Å². The second-order valence-corrected chi connectivity index (χ2v) is 7.85. The molecule has 3 rings (SSSR count). The van der Waals surface area contributed by atoms with Crippen molar-refractivity contribution in [1.82, 2.24) is 4.57 Å². The normalized spacial score (nSPS) is 11.8. The standard InChI is InChI=1S/C23H15Cl2F4NO3/c24-18-12-19(25)21(31)30(8-7-13-1-4-15(5-2-13)22(32)33)20(18)6-3-14-9-16(23(27,28)29)11-17(26)10-14/h1-6,9-12H,7-8H2,(H,32,33)/b6-3+. The zero-order valence-electron chi connectivity index (χ0n) is 16.7. The molecule has 0 aliphatic rings. The van der Waals surface area contributed by atoms with Crippen LogP contribution in [0.25, 0.3) is 12.2 Å². The van der Waals surface area contributed by atoms with Gasteiger partial charge in [0, 0.05) is 6.54 Å². The first-order valence-corrected chi connectivity index (χ1v) is 10.2. The predicted octanol–water partition coefficient (Wildman–Crippen LogP) is 6.42. The number of nitrogens with zero attached hydrogens (tertiary/aromatic N) is 1. The van der Waals surface area contributed by atoms with Gasteiger partial charge >= 0.3 is 12.1 Å². The number of pyridine rings is 1. The monoisotopic (exact) mass is 499 g/mol. The molecule has 0 saturated heterocycles. The number of carboxylic acids is 1. The van der Waals surface area contributed by atoms with E-state index in [1.165, 1.54) is 34.9 Å². The summed E-state index contributed by atoms with van der Waals surface area (Å²) in [4.78, 5) is 23.6. The lowest BCUT2D eigenvalue weighted by Gasteiger charge is -2.13. The molecular weight excluding hydrogens is 485 g/mol. The molecule has 1 N–H and O–H groups in total. The zero-order chi connectivity index (χ0) is 24.3. The molecule has 10 heteroatoms. The van der Waals surface area contributed by atoms with Crippen LogP contribution in [0.2, 0.25) is 10.0 Å². The third-order valence-corrected chi connectivity index (χ3v) is 5.32. The van der Waals surface area contributed by atoms with Gasteiger partial charge in [0.2, 0.25) is 0 Å². The third kappa shape index (κ3) is 6.03. The van der Waals surface area contributed by atoms with Crippen molar-refractivity contribution >= 4 is 41.3 Å². The number of aryl methyl sites for hydroxylation is 1. The Balaban J connectivity index is 1.95. The molecule has 0 aliphatic heterocycles. The number of hydrogen-bond donors (Lipinski definition) is 1. The average Bonchev–Trinajstić information content (AvgIpc) is 2.73. The molecule has 0 bridgehead atoms. The molecule has 0 radical (unpaired) electrons. The highest BCUT2D eigenvalue weighted by molar-refractivity contribution is 6.35. The van der Waals surface area contributed by atoms with E-state index < -0.39 is 29.1 Å². The van der Waals surface area contributed by atoms with Crippen LogP contribution in [0.4, 0.5) is 17.6 Å². The van der Waals surface area contributed by atoms with Crippen LogP contribution < -0.4 is 5.56 Å². The molecule has 1 heterocycles. The lowest BCUT2D eigenvalue weighted by molar-refractivity contribution is -0.137. The summed E-state index contributed by atoms with van der Waals surface area (Å²) >= 11 is 12.2. The summed E-state index contributed by atoms with van der Waals surface area (Å²) in [5.74, 6) is -2.13. The quantitative estimate of drug-likeness (QED) is 0.398. The largest absolute Gasteiger partial charge is 0.478 e. The molecule has 2 aromatic carbocycles. The average molecular weight is 500 g/mol. The maximum Gasteiger partial charge on any atom is 0.416 e. The minimum Gasteiger partial charge on any atom is -0.478 e. The Bertz CT molecular complexity index is 1280. The van der Waals surface area contributed by atoms with Gasteiger partial charge in [0.15, 0.2) is 0 Å². The second-order valence-electron chi connectivity index (χ2n) is 7.04. The van der Waals surface area contributed by atoms with Crippen LogP contribution in [0.3, 0.4) is 0 Å². The predicted molar refractivity (Wildman–Crippen MR) is 118 cm³/mol. The Labute approximate surface area is 195 Å². The fraction of sp³-hybridized carbons (Fsp3) is 0.130. The van der Waals surface area contributed by atoms with Gasteiger partial charge in [0.25, 0.3) is 5.56 Å². The summed E-state index contributed by atoms with van der Waals surface area (Å²) in [6.07, 6.45) is -1.88. The van der Waals surface area contributed by atoms with Crippen molar-refractivity contribution < 1.29 is 27.5 Å². The molecule has 3 aromatic rings. The van der Waals surface area contributed by atoms with Crippen molar-refractivity contribution in [2.75, 3.05) is 0 Å². The highest BCUT2D eigenvalue weighted by Gasteiger charge is 2.31. The Hall–Kier alpha value is -3.10. The van der Waals surface area contributed by atoms with Crippen molar-refractivity contribution in [3.8, 4) is 0 Å². The molecule has 0 unspecified atom stereocenters. The Kier molecular flexibility index (Phi) is 7.29. The maximum atomic E-state index is 13.7. The van der Waals surface area contributed by atoms with E-state index >= 15 is 0 Å². The molecule has 4 nitrogen and oxygen atoms in total. The van der Waals surface area contributed by atoms with Gasteiger partial charge in [0.1, 0.15) is 10.8 Å². The third-order valence-electron chi connectivity index (χ3n) is 4.74. The lowest BCUT2D eigenvalue weighted by Crippen LogP contribution is -2.24. The second kappa shape index (κ2) is 9.80. The van der Waals surface area contributed by atoms with Crippen LogP contribution in [0.5, 0.6) is 0 Å². The summed E-state index contributed by atoms with van der Waals surface area (Å²) in [7, 11) is 0. The highest BCUT2D eigenvalue weighted by Crippen LogP contribution is 2.31. The lowest BCUT2D eigenvalue weighted by atomic mass is 10.1. The van der Waals surface area contributed by atoms with E-state index in [2.05, 4.69) is 0 Å². The van der Waals surface area contributed by atoms with Gasteiger partial charge in [-0.1, -0.05) is 41.4 Å². The molecule has 0 saturated carbocycles. The van der Waals surface area contributed by atoms with E-state index in [0.29, 0.717) is 12.5 Å². The van der Waals surface area contributed by atoms with Crippen LogP contribution in [0.1, 0.15) is 32.7 Å². The molecule has 0 amide bonds. The molecular formula is C23H15Cl2F4NO3. The van der Waals surface area contributed by atoms with Crippen LogP contribution in [0.15, 0.2) is 53.3 Å². The first-order chi connectivity index (χ1) is 15.5. The van der Waals surface area contributed by atoms with E-state index in [1.807, 2.05) is 0 Å². The molecule has 172 valence electrons. The van der Waals surface area contributed by atoms with E-state index in [0.717, 1.165) is 17.7 Å². The number of halogens is 6. The smallest absolute Gasteiger partial charge is 0.416 e. The number of hydrogen-bond acceptors (Lipinski definition) is 2. The van der Waals surface area contributed by atoms with Gasteiger partial charge in [-0.3, -0.25) is 4.79 Å². The van der Waals surface area contributed by atoms with Crippen LogP contribution >= 0.6 is 23.2 Å². The number of rotatable bonds is 6. The number of carboxylic acid groups (broad SMARTS) is 1. The van der Waals surface area contributed by atoms with Gasteiger partial charge in [-0.05, 0) is 60.0 Å². The number of aromatic carboxylic acids is 1. The first kappa shape index (κ1) is 24.5. The van der Waals surface area contributed by atoms with Crippen LogP contribution in [0, 0.1) is 5.82 Å². The number of aromatic nitrogens is 1. The SMILES string of the molecule is O=C(O)c1ccc(CCn2c(/C=C/c3cc(F)cc(C(F)(F)F)c3)c(Cl)cc(Cl)c2=O)cc1. The van der Waals surface area contributed by atoms with Gasteiger partial charge in [-0.2, -0.15) is 13.2 Å². The van der Waals surface area contributed by atoms with E-state index in [4.69, 9.17) is 28.3 Å². The van der Waals surface area contributed by atoms with Gasteiger partial charge in [0.05, 0.1) is 21.8 Å². The zero-order valence-corrected chi connectivity index (χ0v) is 18.2. The fourth-order valence-corrected chi connectivity index (χ4v) is 3.65. The molecule has 0 aliphatic carbocycles. The van der Waals surface area contributed by atoms with Crippen molar-refractivity contribution in [2.24, 2.45) is 0 Å².